The Balaban J connectivity index is 1.35. The van der Waals surface area contributed by atoms with Gasteiger partial charge in [-0.25, -0.2) is 4.98 Å². The molecule has 6 nitrogen and oxygen atoms in total. The second-order valence-corrected chi connectivity index (χ2v) is 10.1. The standard InChI is InChI=1S/C31H34N2O4/c1-4-23-13-14-24(19-27(23)36-3)25-15-16-26(35-2)30-32-28(20-33(25)30)31(17-18-31)21-37-29(34)12-8-11-22-9-6-5-7-10-22/h1,8,11,13-16,19-20,22H,5-7,9-10,12,17-18,21H2,2-3H3/b11-8+. The summed E-state index contributed by atoms with van der Waals surface area (Å²) in [5.74, 6) is 4.42. The van der Waals surface area contributed by atoms with Crippen LogP contribution in [0.25, 0.3) is 16.9 Å². The Bertz CT molecular complexity index is 1350. The Kier molecular flexibility index (Phi) is 7.23. The summed E-state index contributed by atoms with van der Waals surface area (Å²) in [4.78, 5) is 17.4. The number of benzene rings is 1. The minimum atomic E-state index is -0.248. The average molecular weight is 499 g/mol. The van der Waals surface area contributed by atoms with Gasteiger partial charge in [-0.1, -0.05) is 43.4 Å². The van der Waals surface area contributed by atoms with Gasteiger partial charge in [-0.15, -0.1) is 6.42 Å². The largest absolute Gasteiger partial charge is 0.495 e. The van der Waals surface area contributed by atoms with Gasteiger partial charge in [-0.2, -0.15) is 0 Å². The molecule has 2 heterocycles. The third-order valence-electron chi connectivity index (χ3n) is 7.70. The van der Waals surface area contributed by atoms with E-state index in [0.717, 1.165) is 35.4 Å². The van der Waals surface area contributed by atoms with Crippen LogP contribution in [0, 0.1) is 18.3 Å². The summed E-state index contributed by atoms with van der Waals surface area (Å²) in [5, 5.41) is 0. The number of methoxy groups -OCH3 is 2. The number of nitrogens with zero attached hydrogens (tertiary/aromatic N) is 2. The van der Waals surface area contributed by atoms with E-state index in [-0.39, 0.29) is 11.4 Å². The molecule has 5 rings (SSSR count). The number of aromatic nitrogens is 2. The van der Waals surface area contributed by atoms with Crippen molar-refractivity contribution in [1.29, 1.82) is 0 Å². The first-order valence-electron chi connectivity index (χ1n) is 13.1. The maximum atomic E-state index is 12.5. The van der Waals surface area contributed by atoms with Gasteiger partial charge in [0.25, 0.3) is 0 Å². The van der Waals surface area contributed by atoms with Gasteiger partial charge >= 0.3 is 5.97 Å². The molecule has 0 atom stereocenters. The van der Waals surface area contributed by atoms with E-state index < -0.39 is 0 Å². The van der Waals surface area contributed by atoms with Gasteiger partial charge in [0.15, 0.2) is 11.4 Å². The first-order chi connectivity index (χ1) is 18.1. The molecular formula is C31H34N2O4. The molecule has 2 aliphatic carbocycles. The number of hydrogen-bond acceptors (Lipinski definition) is 5. The zero-order valence-corrected chi connectivity index (χ0v) is 21.7. The van der Waals surface area contributed by atoms with Gasteiger partial charge in [0.1, 0.15) is 12.4 Å². The van der Waals surface area contributed by atoms with Crippen molar-refractivity contribution in [2.75, 3.05) is 20.8 Å². The lowest BCUT2D eigenvalue weighted by molar-refractivity contribution is -0.143. The van der Waals surface area contributed by atoms with E-state index in [4.69, 9.17) is 25.6 Å². The predicted molar refractivity (Wildman–Crippen MR) is 144 cm³/mol. The molecule has 3 aromatic rings. The second kappa shape index (κ2) is 10.7. The van der Waals surface area contributed by atoms with Gasteiger partial charge in [0.05, 0.1) is 37.6 Å². The van der Waals surface area contributed by atoms with Crippen LogP contribution >= 0.6 is 0 Å². The molecule has 2 aromatic heterocycles. The summed E-state index contributed by atoms with van der Waals surface area (Å²) < 4.78 is 18.9. The molecule has 0 bridgehead atoms. The van der Waals surface area contributed by atoms with E-state index in [0.29, 0.717) is 36.0 Å². The smallest absolute Gasteiger partial charge is 0.309 e. The van der Waals surface area contributed by atoms with Crippen molar-refractivity contribution >= 4 is 11.6 Å². The van der Waals surface area contributed by atoms with Crippen molar-refractivity contribution in [1.82, 2.24) is 9.38 Å². The van der Waals surface area contributed by atoms with Crippen LogP contribution in [-0.2, 0) is 14.9 Å². The van der Waals surface area contributed by atoms with Crippen LogP contribution in [0.4, 0.5) is 0 Å². The number of esters is 1. The molecule has 2 saturated carbocycles. The average Bonchev–Trinajstić information content (AvgIpc) is 3.60. The highest BCUT2D eigenvalue weighted by atomic mass is 16.5. The fourth-order valence-corrected chi connectivity index (χ4v) is 5.25. The number of fused-ring (bicyclic) bond motifs is 1. The van der Waals surface area contributed by atoms with Crippen molar-refractivity contribution in [3.05, 3.63) is 59.9 Å². The molecule has 0 unspecified atom stereocenters. The molecule has 0 radical (unpaired) electrons. The minimum absolute atomic E-state index is 0.180. The molecule has 0 amide bonds. The zero-order valence-electron chi connectivity index (χ0n) is 21.7. The number of carbonyl (C=O) groups excluding carboxylic acids is 1. The maximum absolute atomic E-state index is 12.5. The van der Waals surface area contributed by atoms with Crippen LogP contribution in [0.5, 0.6) is 11.5 Å². The van der Waals surface area contributed by atoms with Crippen molar-refractivity contribution in [3.8, 4) is 35.1 Å². The molecule has 1 aromatic carbocycles. The van der Waals surface area contributed by atoms with Crippen LogP contribution in [0.1, 0.15) is 62.6 Å². The molecule has 192 valence electrons. The van der Waals surface area contributed by atoms with Gasteiger partial charge in [-0.3, -0.25) is 9.20 Å². The Morgan fingerprint density at radius 3 is 2.62 bits per heavy atom. The van der Waals surface area contributed by atoms with E-state index in [9.17, 15) is 4.79 Å². The Labute approximate surface area is 218 Å². The number of terminal acetylenes is 1. The van der Waals surface area contributed by atoms with Gasteiger partial charge in [0.2, 0.25) is 0 Å². The second-order valence-electron chi connectivity index (χ2n) is 10.1. The fraction of sp³-hybridized carbons (Fsp3) is 0.419. The Morgan fingerprint density at radius 1 is 1.14 bits per heavy atom. The van der Waals surface area contributed by atoms with Crippen molar-refractivity contribution in [2.45, 2.75) is 56.8 Å². The van der Waals surface area contributed by atoms with Crippen LogP contribution in [0.3, 0.4) is 0 Å². The number of pyridine rings is 1. The molecule has 0 spiro atoms. The molecule has 2 aliphatic rings. The van der Waals surface area contributed by atoms with Gasteiger partial charge < -0.3 is 14.2 Å². The molecule has 0 aliphatic heterocycles. The first-order valence-corrected chi connectivity index (χ1v) is 13.1. The number of hydrogen-bond donors (Lipinski definition) is 0. The van der Waals surface area contributed by atoms with E-state index in [2.05, 4.69) is 12.0 Å². The number of imidazole rings is 1. The molecule has 6 heteroatoms. The highest BCUT2D eigenvalue weighted by molar-refractivity contribution is 5.72. The quantitative estimate of drug-likeness (QED) is 0.203. The van der Waals surface area contributed by atoms with Gasteiger partial charge in [-0.05, 0) is 55.9 Å². The first kappa shape index (κ1) is 25.0. The van der Waals surface area contributed by atoms with Crippen molar-refractivity contribution in [3.63, 3.8) is 0 Å². The number of ether oxygens (including phenoxy) is 3. The molecular weight excluding hydrogens is 464 g/mol. The maximum Gasteiger partial charge on any atom is 0.309 e. The number of allylic oxidation sites excluding steroid dienone is 1. The molecule has 37 heavy (non-hydrogen) atoms. The minimum Gasteiger partial charge on any atom is -0.495 e. The number of carbonyl (C=O) groups is 1. The van der Waals surface area contributed by atoms with E-state index >= 15 is 0 Å². The lowest BCUT2D eigenvalue weighted by Gasteiger charge is -2.17. The van der Waals surface area contributed by atoms with Crippen LogP contribution < -0.4 is 9.47 Å². The summed E-state index contributed by atoms with van der Waals surface area (Å²) in [6, 6.07) is 9.72. The Morgan fingerprint density at radius 2 is 1.92 bits per heavy atom. The lowest BCUT2D eigenvalue weighted by Crippen LogP contribution is -2.19. The van der Waals surface area contributed by atoms with E-state index in [1.807, 2.05) is 47.0 Å². The summed E-state index contributed by atoms with van der Waals surface area (Å²) in [7, 11) is 3.26. The summed E-state index contributed by atoms with van der Waals surface area (Å²) in [5.41, 5.74) is 3.99. The van der Waals surface area contributed by atoms with E-state index in [1.165, 1.54) is 32.1 Å². The molecule has 0 N–H and O–H groups in total. The van der Waals surface area contributed by atoms with Gasteiger partial charge in [0, 0.05) is 17.2 Å². The normalized spacial score (nSPS) is 17.0. The topological polar surface area (TPSA) is 62.1 Å². The van der Waals surface area contributed by atoms with Crippen LogP contribution in [0.15, 0.2) is 48.7 Å². The Hall–Kier alpha value is -3.72. The monoisotopic (exact) mass is 498 g/mol. The third kappa shape index (κ3) is 5.22. The third-order valence-corrected chi connectivity index (χ3v) is 7.70. The predicted octanol–water partition coefficient (Wildman–Crippen LogP) is 6.10. The highest BCUT2D eigenvalue weighted by Gasteiger charge is 2.48. The fourth-order valence-electron chi connectivity index (χ4n) is 5.25. The van der Waals surface area contributed by atoms with Crippen molar-refractivity contribution in [2.24, 2.45) is 5.92 Å². The van der Waals surface area contributed by atoms with Crippen LogP contribution in [-0.4, -0.2) is 36.2 Å². The molecule has 2 fully saturated rings. The number of rotatable bonds is 9. The van der Waals surface area contributed by atoms with Crippen LogP contribution in [0.2, 0.25) is 0 Å². The summed E-state index contributed by atoms with van der Waals surface area (Å²) >= 11 is 0. The summed E-state index contributed by atoms with van der Waals surface area (Å²) in [6.07, 6.45) is 20.4. The zero-order chi connectivity index (χ0) is 25.8. The highest BCUT2D eigenvalue weighted by Crippen LogP contribution is 2.48. The van der Waals surface area contributed by atoms with E-state index in [1.54, 1.807) is 14.2 Å². The summed E-state index contributed by atoms with van der Waals surface area (Å²) in [6.45, 7) is 0.343. The lowest BCUT2D eigenvalue weighted by atomic mass is 9.89. The van der Waals surface area contributed by atoms with Crippen molar-refractivity contribution < 1.29 is 19.0 Å². The SMILES string of the molecule is C#Cc1ccc(-c2ccc(OC)c3nc(C4(COC(=O)C/C=C/C5CCCCC5)CC4)cn23)cc1OC. The molecule has 0 saturated heterocycles.